The summed E-state index contributed by atoms with van der Waals surface area (Å²) in [7, 11) is 3.23. The van der Waals surface area contributed by atoms with E-state index in [1.807, 2.05) is 60.7 Å². The van der Waals surface area contributed by atoms with Crippen LogP contribution in [0.2, 0.25) is 0 Å². The van der Waals surface area contributed by atoms with E-state index in [-0.39, 0.29) is 5.56 Å². The number of rotatable bonds is 8. The first-order valence-electron chi connectivity index (χ1n) is 12.7. The van der Waals surface area contributed by atoms with E-state index >= 15 is 0 Å². The van der Waals surface area contributed by atoms with Gasteiger partial charge in [0.15, 0.2) is 6.10 Å². The van der Waals surface area contributed by atoms with E-state index in [4.69, 9.17) is 24.2 Å². The summed E-state index contributed by atoms with van der Waals surface area (Å²) in [6.07, 6.45) is -1.01. The molecular formula is C32H26BrN3O5. The van der Waals surface area contributed by atoms with Crippen LogP contribution in [0.1, 0.15) is 17.3 Å². The van der Waals surface area contributed by atoms with Crippen molar-refractivity contribution < 1.29 is 23.8 Å². The molecule has 1 N–H and O–H groups in total. The lowest BCUT2D eigenvalue weighted by atomic mass is 10.0. The largest absolute Gasteiger partial charge is 0.497 e. The summed E-state index contributed by atoms with van der Waals surface area (Å²) in [5.41, 5.74) is 4.98. The van der Waals surface area contributed by atoms with Gasteiger partial charge in [0.05, 0.1) is 42.2 Å². The Morgan fingerprint density at radius 3 is 1.80 bits per heavy atom. The molecular weight excluding hydrogens is 586 g/mol. The van der Waals surface area contributed by atoms with Crippen molar-refractivity contribution in [2.75, 3.05) is 19.5 Å². The van der Waals surface area contributed by atoms with E-state index in [1.54, 1.807) is 44.6 Å². The molecule has 0 aliphatic heterocycles. The number of hydrogen-bond acceptors (Lipinski definition) is 7. The van der Waals surface area contributed by atoms with Crippen LogP contribution in [0.4, 0.5) is 5.69 Å². The highest BCUT2D eigenvalue weighted by Crippen LogP contribution is 2.33. The Bertz CT molecular complexity index is 1710. The highest BCUT2D eigenvalue weighted by molar-refractivity contribution is 9.10. The second-order valence-electron chi connectivity index (χ2n) is 9.12. The van der Waals surface area contributed by atoms with Crippen molar-refractivity contribution >= 4 is 44.5 Å². The SMILES string of the molecule is COc1ccc(-c2nc3ccc(C(=O)OC(C)C(=O)Nc4ccc(Br)cc4)cc3nc2-c2ccc(OC)cc2)cc1. The predicted molar refractivity (Wildman–Crippen MR) is 161 cm³/mol. The van der Waals surface area contributed by atoms with Gasteiger partial charge in [0.1, 0.15) is 11.5 Å². The molecule has 4 aromatic carbocycles. The number of amides is 1. The van der Waals surface area contributed by atoms with E-state index in [1.165, 1.54) is 6.92 Å². The third kappa shape index (κ3) is 6.36. The van der Waals surface area contributed by atoms with Gasteiger partial charge in [0, 0.05) is 21.3 Å². The number of esters is 1. The molecule has 0 aliphatic rings. The molecule has 1 atom stereocenters. The van der Waals surface area contributed by atoms with E-state index < -0.39 is 18.0 Å². The molecule has 0 spiro atoms. The minimum atomic E-state index is -1.01. The zero-order valence-corrected chi connectivity index (χ0v) is 24.1. The van der Waals surface area contributed by atoms with E-state index in [0.717, 1.165) is 27.1 Å². The van der Waals surface area contributed by atoms with Gasteiger partial charge >= 0.3 is 5.97 Å². The number of halogens is 1. The average molecular weight is 612 g/mol. The fourth-order valence-electron chi connectivity index (χ4n) is 4.14. The molecule has 0 bridgehead atoms. The van der Waals surface area contributed by atoms with Gasteiger partial charge in [0.25, 0.3) is 5.91 Å². The van der Waals surface area contributed by atoms with E-state index in [2.05, 4.69) is 21.2 Å². The summed E-state index contributed by atoms with van der Waals surface area (Å²) in [4.78, 5) is 35.4. The number of methoxy groups -OCH3 is 2. The van der Waals surface area contributed by atoms with Crippen molar-refractivity contribution in [1.82, 2.24) is 9.97 Å². The molecule has 8 nitrogen and oxygen atoms in total. The Hall–Kier alpha value is -4.76. The Morgan fingerprint density at radius 1 is 0.732 bits per heavy atom. The normalized spacial score (nSPS) is 11.5. The van der Waals surface area contributed by atoms with Crippen LogP contribution >= 0.6 is 15.9 Å². The first-order chi connectivity index (χ1) is 19.8. The Balaban J connectivity index is 1.45. The lowest BCUT2D eigenvalue weighted by Crippen LogP contribution is -2.30. The molecule has 0 aliphatic carbocycles. The van der Waals surface area contributed by atoms with Crippen LogP contribution in [0.3, 0.4) is 0 Å². The van der Waals surface area contributed by atoms with Crippen LogP contribution in [0, 0.1) is 0 Å². The number of carbonyl (C=O) groups excluding carboxylic acids is 2. The number of fused-ring (bicyclic) bond motifs is 1. The molecule has 0 saturated heterocycles. The number of hydrogen-bond donors (Lipinski definition) is 1. The molecule has 1 amide bonds. The molecule has 1 unspecified atom stereocenters. The van der Waals surface area contributed by atoms with Crippen LogP contribution < -0.4 is 14.8 Å². The van der Waals surface area contributed by atoms with Gasteiger partial charge in [-0.05, 0) is 97.9 Å². The van der Waals surface area contributed by atoms with Crippen LogP contribution in [0.5, 0.6) is 11.5 Å². The predicted octanol–water partition coefficient (Wildman–Crippen LogP) is 6.93. The average Bonchev–Trinajstić information content (AvgIpc) is 3.01. The maximum absolute atomic E-state index is 13.0. The number of nitrogens with zero attached hydrogens (tertiary/aromatic N) is 2. The lowest BCUT2D eigenvalue weighted by Gasteiger charge is -2.14. The number of anilines is 1. The molecule has 9 heteroatoms. The smallest absolute Gasteiger partial charge is 0.338 e. The van der Waals surface area contributed by atoms with Gasteiger partial charge in [-0.3, -0.25) is 4.79 Å². The zero-order valence-electron chi connectivity index (χ0n) is 22.6. The van der Waals surface area contributed by atoms with E-state index in [0.29, 0.717) is 28.1 Å². The van der Waals surface area contributed by atoms with Crippen LogP contribution in [0.15, 0.2) is 95.5 Å². The summed E-state index contributed by atoms with van der Waals surface area (Å²) in [5.74, 6) is 0.373. The Labute approximate surface area is 245 Å². The van der Waals surface area contributed by atoms with Gasteiger partial charge in [-0.25, -0.2) is 14.8 Å². The first-order valence-corrected chi connectivity index (χ1v) is 13.5. The lowest BCUT2D eigenvalue weighted by molar-refractivity contribution is -0.123. The number of nitrogens with one attached hydrogen (secondary N) is 1. The van der Waals surface area contributed by atoms with Crippen molar-refractivity contribution in [3.05, 3.63) is 101 Å². The Morgan fingerprint density at radius 2 is 1.27 bits per heavy atom. The van der Waals surface area contributed by atoms with Crippen LogP contribution in [-0.2, 0) is 9.53 Å². The summed E-state index contributed by atoms with van der Waals surface area (Å²) in [6.45, 7) is 1.52. The fourth-order valence-corrected chi connectivity index (χ4v) is 4.41. The quantitative estimate of drug-likeness (QED) is 0.190. The third-order valence-electron chi connectivity index (χ3n) is 6.39. The molecule has 1 heterocycles. The molecule has 0 saturated carbocycles. The van der Waals surface area contributed by atoms with Gasteiger partial charge in [-0.1, -0.05) is 15.9 Å². The van der Waals surface area contributed by atoms with Crippen molar-refractivity contribution in [2.45, 2.75) is 13.0 Å². The number of ether oxygens (including phenoxy) is 3. The standard InChI is InChI=1S/C32H26BrN3O5/c1-19(31(37)34-24-11-9-23(33)10-12-24)41-32(38)22-8-17-27-28(18-22)36-30(21-6-15-26(40-3)16-7-21)29(35-27)20-4-13-25(39-2)14-5-20/h4-19H,1-3H3,(H,34,37). The Kier molecular flexibility index (Phi) is 8.26. The van der Waals surface area contributed by atoms with Crippen molar-refractivity contribution in [2.24, 2.45) is 0 Å². The molecule has 206 valence electrons. The minimum Gasteiger partial charge on any atom is -0.497 e. The highest BCUT2D eigenvalue weighted by atomic mass is 79.9. The molecule has 41 heavy (non-hydrogen) atoms. The van der Waals surface area contributed by atoms with Crippen molar-refractivity contribution in [3.8, 4) is 34.0 Å². The molecule has 1 aromatic heterocycles. The number of benzene rings is 4. The third-order valence-corrected chi connectivity index (χ3v) is 6.92. The maximum atomic E-state index is 13.0. The number of carbonyl (C=O) groups is 2. The fraction of sp³-hybridized carbons (Fsp3) is 0.125. The van der Waals surface area contributed by atoms with Gasteiger partial charge in [-0.15, -0.1) is 0 Å². The summed E-state index contributed by atoms with van der Waals surface area (Å²) < 4.78 is 17.0. The highest BCUT2D eigenvalue weighted by Gasteiger charge is 2.21. The van der Waals surface area contributed by atoms with Gasteiger partial charge < -0.3 is 19.5 Å². The molecule has 0 radical (unpaired) electrons. The topological polar surface area (TPSA) is 99.6 Å². The van der Waals surface area contributed by atoms with Crippen molar-refractivity contribution in [1.29, 1.82) is 0 Å². The number of aromatic nitrogens is 2. The first kappa shape index (κ1) is 27.8. The summed E-state index contributed by atoms with van der Waals surface area (Å²) >= 11 is 3.36. The van der Waals surface area contributed by atoms with Crippen LogP contribution in [0.25, 0.3) is 33.5 Å². The summed E-state index contributed by atoms with van der Waals surface area (Å²) in [5, 5.41) is 2.74. The van der Waals surface area contributed by atoms with Gasteiger partial charge in [-0.2, -0.15) is 0 Å². The van der Waals surface area contributed by atoms with Crippen molar-refractivity contribution in [3.63, 3.8) is 0 Å². The van der Waals surface area contributed by atoms with Crippen LogP contribution in [-0.4, -0.2) is 42.2 Å². The minimum absolute atomic E-state index is 0.257. The monoisotopic (exact) mass is 611 g/mol. The second-order valence-corrected chi connectivity index (χ2v) is 10.0. The summed E-state index contributed by atoms with van der Waals surface area (Å²) in [6, 6.07) is 27.2. The zero-order chi connectivity index (χ0) is 28.9. The molecule has 5 rings (SSSR count). The van der Waals surface area contributed by atoms with Gasteiger partial charge in [0.2, 0.25) is 0 Å². The van der Waals surface area contributed by atoms with E-state index in [9.17, 15) is 9.59 Å². The molecule has 5 aromatic rings. The maximum Gasteiger partial charge on any atom is 0.338 e. The molecule has 0 fully saturated rings. The second kappa shape index (κ2) is 12.2.